The average molecular weight is 424 g/mol. The highest BCUT2D eigenvalue weighted by molar-refractivity contribution is 5.94. The van der Waals surface area contributed by atoms with Gasteiger partial charge in [-0.05, 0) is 62.6 Å². The maximum absolute atomic E-state index is 14.6. The molecule has 2 saturated heterocycles. The van der Waals surface area contributed by atoms with E-state index in [0.717, 1.165) is 18.5 Å². The van der Waals surface area contributed by atoms with E-state index in [0.29, 0.717) is 12.1 Å². The van der Waals surface area contributed by atoms with Gasteiger partial charge in [-0.2, -0.15) is 0 Å². The van der Waals surface area contributed by atoms with Crippen LogP contribution in [-0.4, -0.2) is 35.5 Å². The lowest BCUT2D eigenvalue weighted by molar-refractivity contribution is -0.121. The number of halogens is 1. The second kappa shape index (κ2) is 7.38. The number of carbonyl (C=O) groups excluding carboxylic acids is 1. The Morgan fingerprint density at radius 1 is 1.13 bits per heavy atom. The fourth-order valence-corrected chi connectivity index (χ4v) is 5.07. The Balaban J connectivity index is 1.44. The van der Waals surface area contributed by atoms with Gasteiger partial charge in [-0.25, -0.2) is 20.3 Å². The first kappa shape index (κ1) is 20.6. The molecular weight excluding hydrogens is 393 g/mol. The van der Waals surface area contributed by atoms with Crippen molar-refractivity contribution in [2.24, 2.45) is 0 Å². The summed E-state index contributed by atoms with van der Waals surface area (Å²) in [4.78, 5) is 15.2. The fraction of sp³-hybridized carbons (Fsp3) is 0.458. The summed E-state index contributed by atoms with van der Waals surface area (Å²) in [6, 6.07) is 11.4. The predicted molar refractivity (Wildman–Crippen MR) is 119 cm³/mol. The Labute approximate surface area is 182 Å². The Morgan fingerprint density at radius 3 is 2.71 bits per heavy atom. The van der Waals surface area contributed by atoms with E-state index < -0.39 is 5.82 Å². The smallest absolute Gasteiger partial charge is 0.243 e. The number of amides is 1. The topological polar surface area (TPSA) is 59.6 Å². The molecule has 3 aliphatic rings. The molecule has 3 N–H and O–H groups in total. The van der Waals surface area contributed by atoms with Crippen molar-refractivity contribution < 1.29 is 9.18 Å². The van der Waals surface area contributed by atoms with Crippen LogP contribution in [0.15, 0.2) is 36.4 Å². The number of anilines is 1. The summed E-state index contributed by atoms with van der Waals surface area (Å²) in [5.74, 6) is -0.534. The first-order valence-electron chi connectivity index (χ1n) is 10.9. The Morgan fingerprint density at radius 2 is 1.94 bits per heavy atom. The molecule has 5 rings (SSSR count). The fourth-order valence-electron chi connectivity index (χ4n) is 5.07. The highest BCUT2D eigenvalue weighted by Crippen LogP contribution is 2.35. The number of carbonyl (C=O) groups is 1. The molecule has 7 heteroatoms. The van der Waals surface area contributed by atoms with Gasteiger partial charge in [-0.1, -0.05) is 30.3 Å². The van der Waals surface area contributed by atoms with Crippen LogP contribution in [0.5, 0.6) is 0 Å². The van der Waals surface area contributed by atoms with Gasteiger partial charge < -0.3 is 0 Å². The molecule has 0 bridgehead atoms. The first-order valence-corrected chi connectivity index (χ1v) is 10.9. The number of hydrazine groups is 2. The van der Waals surface area contributed by atoms with Crippen molar-refractivity contribution in [2.75, 3.05) is 12.1 Å². The molecule has 0 radical (unpaired) electrons. The van der Waals surface area contributed by atoms with E-state index in [1.807, 2.05) is 13.0 Å². The van der Waals surface area contributed by atoms with Crippen LogP contribution in [0.2, 0.25) is 0 Å². The monoisotopic (exact) mass is 423 g/mol. The third kappa shape index (κ3) is 3.46. The molecule has 3 heterocycles. The second-order valence-electron chi connectivity index (χ2n) is 9.74. The zero-order valence-electron chi connectivity index (χ0n) is 18.5. The van der Waals surface area contributed by atoms with Crippen LogP contribution in [-0.2, 0) is 17.8 Å². The predicted octanol–water partition coefficient (Wildman–Crippen LogP) is 2.73. The molecule has 0 spiro atoms. The molecule has 0 aliphatic carbocycles. The van der Waals surface area contributed by atoms with E-state index in [1.165, 1.54) is 27.8 Å². The van der Waals surface area contributed by atoms with Crippen LogP contribution in [0.3, 0.4) is 0 Å². The number of rotatable bonds is 2. The Bertz CT molecular complexity index is 1020. The van der Waals surface area contributed by atoms with E-state index in [9.17, 15) is 9.18 Å². The van der Waals surface area contributed by atoms with Crippen molar-refractivity contribution in [3.8, 4) is 0 Å². The molecule has 0 saturated carbocycles. The van der Waals surface area contributed by atoms with Crippen LogP contribution in [0.1, 0.15) is 48.6 Å². The molecule has 1 amide bonds. The highest BCUT2D eigenvalue weighted by Gasteiger charge is 2.44. The van der Waals surface area contributed by atoms with Gasteiger partial charge in [0.25, 0.3) is 0 Å². The lowest BCUT2D eigenvalue weighted by Crippen LogP contribution is -2.60. The maximum atomic E-state index is 14.6. The molecule has 31 heavy (non-hydrogen) atoms. The van der Waals surface area contributed by atoms with Crippen LogP contribution >= 0.6 is 0 Å². The highest BCUT2D eigenvalue weighted by atomic mass is 19.1. The zero-order valence-corrected chi connectivity index (χ0v) is 18.5. The molecule has 3 atom stereocenters. The normalized spacial score (nSPS) is 27.8. The quantitative estimate of drug-likeness (QED) is 0.694. The number of aryl methyl sites for hydroxylation is 1. The van der Waals surface area contributed by atoms with E-state index >= 15 is 0 Å². The maximum Gasteiger partial charge on any atom is 0.243 e. The first-order chi connectivity index (χ1) is 14.7. The average Bonchev–Trinajstić information content (AvgIpc) is 3.11. The van der Waals surface area contributed by atoms with Gasteiger partial charge >= 0.3 is 0 Å². The molecule has 3 unspecified atom stereocenters. The van der Waals surface area contributed by atoms with Gasteiger partial charge in [0, 0.05) is 24.5 Å². The summed E-state index contributed by atoms with van der Waals surface area (Å²) in [6.07, 6.45) is 1.32. The van der Waals surface area contributed by atoms with Crippen LogP contribution in [0, 0.1) is 12.7 Å². The molecule has 2 fully saturated rings. The number of para-hydroxylation sites is 1. The molecule has 2 aromatic carbocycles. The zero-order chi connectivity index (χ0) is 21.9. The Hall–Kier alpha value is -2.32. The number of nitrogens with zero attached hydrogens (tertiary/aromatic N) is 2. The third-order valence-electron chi connectivity index (χ3n) is 7.20. The van der Waals surface area contributed by atoms with E-state index in [1.54, 1.807) is 6.07 Å². The van der Waals surface area contributed by atoms with Gasteiger partial charge in [0.1, 0.15) is 5.82 Å². The lowest BCUT2D eigenvalue weighted by Gasteiger charge is -2.41. The van der Waals surface area contributed by atoms with Crippen molar-refractivity contribution in [1.29, 1.82) is 0 Å². The van der Waals surface area contributed by atoms with Crippen molar-refractivity contribution >= 4 is 11.6 Å². The summed E-state index contributed by atoms with van der Waals surface area (Å²) < 4.78 is 14.6. The summed E-state index contributed by atoms with van der Waals surface area (Å²) in [6.45, 7) is 7.29. The van der Waals surface area contributed by atoms with Gasteiger partial charge in [0.05, 0.1) is 17.8 Å². The SMILES string of the molecule is Cc1cccc(F)c1N1NC2C(CC1=O)NNC2c1ccc2c(c1)CN(C)C(C)(C)C2. The summed E-state index contributed by atoms with van der Waals surface area (Å²) in [7, 11) is 2.17. The number of benzene rings is 2. The molecule has 6 nitrogen and oxygen atoms in total. The van der Waals surface area contributed by atoms with Crippen molar-refractivity contribution in [2.45, 2.75) is 63.8 Å². The number of likely N-dealkylation sites (N-methyl/N-ethyl adjacent to an activating group) is 1. The summed E-state index contributed by atoms with van der Waals surface area (Å²) in [5, 5.41) is 1.40. The van der Waals surface area contributed by atoms with Gasteiger partial charge in [-0.3, -0.25) is 15.1 Å². The van der Waals surface area contributed by atoms with Crippen LogP contribution in [0.4, 0.5) is 10.1 Å². The van der Waals surface area contributed by atoms with Gasteiger partial charge in [0.2, 0.25) is 5.91 Å². The number of hydrogen-bond donors (Lipinski definition) is 3. The van der Waals surface area contributed by atoms with Crippen molar-refractivity contribution in [3.63, 3.8) is 0 Å². The largest absolute Gasteiger partial charge is 0.297 e. The standard InChI is InChI=1S/C24H30FN5O/c1-14-6-5-7-18(25)23(14)30-20(31)11-19-22(28-30)21(27-26-19)15-8-9-16-12-24(2,3)29(4)13-17(16)10-15/h5-10,19,21-22,26-28H,11-13H2,1-4H3. The van der Waals surface area contributed by atoms with Gasteiger partial charge in [-0.15, -0.1) is 0 Å². The minimum absolute atomic E-state index is 0.0294. The molecule has 0 aromatic heterocycles. The number of fused-ring (bicyclic) bond motifs is 2. The summed E-state index contributed by atoms with van der Waals surface area (Å²) in [5.41, 5.74) is 15.1. The third-order valence-corrected chi connectivity index (χ3v) is 7.20. The number of hydrogen-bond acceptors (Lipinski definition) is 5. The minimum atomic E-state index is -0.394. The van der Waals surface area contributed by atoms with Crippen molar-refractivity contribution in [3.05, 3.63) is 64.5 Å². The van der Waals surface area contributed by atoms with Gasteiger partial charge in [0.15, 0.2) is 0 Å². The Kier molecular flexibility index (Phi) is 4.90. The van der Waals surface area contributed by atoms with E-state index in [2.05, 4.69) is 60.3 Å². The molecule has 2 aromatic rings. The van der Waals surface area contributed by atoms with Crippen LogP contribution < -0.4 is 21.3 Å². The summed E-state index contributed by atoms with van der Waals surface area (Å²) >= 11 is 0. The molecular formula is C24H30FN5O. The minimum Gasteiger partial charge on any atom is -0.297 e. The lowest BCUT2D eigenvalue weighted by atomic mass is 9.84. The van der Waals surface area contributed by atoms with E-state index in [4.69, 9.17) is 0 Å². The van der Waals surface area contributed by atoms with Crippen molar-refractivity contribution in [1.82, 2.24) is 21.2 Å². The van der Waals surface area contributed by atoms with E-state index in [-0.39, 0.29) is 29.6 Å². The molecule has 3 aliphatic heterocycles. The second-order valence-corrected chi connectivity index (χ2v) is 9.74. The van der Waals surface area contributed by atoms with Crippen LogP contribution in [0.25, 0.3) is 0 Å². The number of nitrogens with one attached hydrogen (secondary N) is 3. The molecule has 164 valence electrons.